The molecule has 0 saturated heterocycles. The molecule has 5 heteroatoms. The highest BCUT2D eigenvalue weighted by Crippen LogP contribution is 2.17. The Morgan fingerprint density at radius 2 is 1.94 bits per heavy atom. The standard InChI is InChI=1S/C13H16FNO3/c1-13(2,3)15(8-11(16)17)12(18)9-5-4-6-10(14)7-9/h4-7H,8H2,1-3H3,(H,16,17). The van der Waals surface area contributed by atoms with Gasteiger partial charge in [0.15, 0.2) is 0 Å². The molecule has 0 saturated carbocycles. The number of halogens is 1. The molecule has 0 fully saturated rings. The number of nitrogens with zero attached hydrogens (tertiary/aromatic N) is 1. The number of carbonyl (C=O) groups excluding carboxylic acids is 1. The van der Waals surface area contributed by atoms with Gasteiger partial charge in [0.25, 0.3) is 5.91 Å². The molecule has 0 unspecified atom stereocenters. The molecule has 4 nitrogen and oxygen atoms in total. The average Bonchev–Trinajstić information content (AvgIpc) is 2.23. The summed E-state index contributed by atoms with van der Waals surface area (Å²) in [4.78, 5) is 24.2. The van der Waals surface area contributed by atoms with E-state index in [1.165, 1.54) is 23.1 Å². The van der Waals surface area contributed by atoms with Gasteiger partial charge in [-0.05, 0) is 39.0 Å². The fraction of sp³-hybridized carbons (Fsp3) is 0.385. The van der Waals surface area contributed by atoms with Crippen molar-refractivity contribution in [1.29, 1.82) is 0 Å². The molecular formula is C13H16FNO3. The fourth-order valence-electron chi connectivity index (χ4n) is 1.53. The third kappa shape index (κ3) is 3.55. The van der Waals surface area contributed by atoms with E-state index >= 15 is 0 Å². The minimum atomic E-state index is -1.10. The van der Waals surface area contributed by atoms with Crippen LogP contribution in [-0.2, 0) is 4.79 Å². The number of carboxylic acids is 1. The van der Waals surface area contributed by atoms with Gasteiger partial charge >= 0.3 is 5.97 Å². The summed E-state index contributed by atoms with van der Waals surface area (Å²) >= 11 is 0. The molecule has 1 aromatic carbocycles. The van der Waals surface area contributed by atoms with Crippen molar-refractivity contribution >= 4 is 11.9 Å². The van der Waals surface area contributed by atoms with Crippen LogP contribution in [0, 0.1) is 5.82 Å². The number of amides is 1. The molecule has 0 aliphatic heterocycles. The molecule has 0 bridgehead atoms. The van der Waals surface area contributed by atoms with Crippen molar-refractivity contribution in [2.24, 2.45) is 0 Å². The van der Waals surface area contributed by atoms with E-state index in [1.54, 1.807) is 20.8 Å². The van der Waals surface area contributed by atoms with E-state index in [1.807, 2.05) is 0 Å². The summed E-state index contributed by atoms with van der Waals surface area (Å²) in [6.45, 7) is 4.77. The molecule has 0 aromatic heterocycles. The zero-order valence-corrected chi connectivity index (χ0v) is 10.6. The van der Waals surface area contributed by atoms with Crippen LogP contribution in [0.1, 0.15) is 31.1 Å². The number of hydrogen-bond acceptors (Lipinski definition) is 2. The second kappa shape index (κ2) is 5.16. The highest BCUT2D eigenvalue weighted by molar-refractivity contribution is 5.96. The zero-order chi connectivity index (χ0) is 13.9. The molecular weight excluding hydrogens is 237 g/mol. The summed E-state index contributed by atoms with van der Waals surface area (Å²) < 4.78 is 13.1. The average molecular weight is 253 g/mol. The van der Waals surface area contributed by atoms with Gasteiger partial charge in [0.1, 0.15) is 12.4 Å². The Kier molecular flexibility index (Phi) is 4.06. The lowest BCUT2D eigenvalue weighted by Crippen LogP contribution is -2.48. The van der Waals surface area contributed by atoms with E-state index < -0.39 is 29.8 Å². The van der Waals surface area contributed by atoms with Crippen LogP contribution in [0.3, 0.4) is 0 Å². The van der Waals surface area contributed by atoms with Gasteiger partial charge in [-0.1, -0.05) is 6.07 Å². The maximum absolute atomic E-state index is 13.1. The van der Waals surface area contributed by atoms with Gasteiger partial charge in [-0.25, -0.2) is 4.39 Å². The monoisotopic (exact) mass is 253 g/mol. The van der Waals surface area contributed by atoms with Crippen molar-refractivity contribution in [3.63, 3.8) is 0 Å². The number of carbonyl (C=O) groups is 2. The molecule has 1 aromatic rings. The molecule has 0 atom stereocenters. The van der Waals surface area contributed by atoms with E-state index in [0.717, 1.165) is 6.07 Å². The molecule has 1 rings (SSSR count). The molecule has 0 spiro atoms. The quantitative estimate of drug-likeness (QED) is 0.898. The lowest BCUT2D eigenvalue weighted by Gasteiger charge is -2.34. The lowest BCUT2D eigenvalue weighted by molar-refractivity contribution is -0.138. The van der Waals surface area contributed by atoms with E-state index in [-0.39, 0.29) is 5.56 Å². The molecule has 0 aliphatic rings. The van der Waals surface area contributed by atoms with Gasteiger partial charge in [0.2, 0.25) is 0 Å². The SMILES string of the molecule is CC(C)(C)N(CC(=O)O)C(=O)c1cccc(F)c1. The Labute approximate surface area is 105 Å². The van der Waals surface area contributed by atoms with Crippen LogP contribution in [0.2, 0.25) is 0 Å². The lowest BCUT2D eigenvalue weighted by atomic mass is 10.0. The minimum absolute atomic E-state index is 0.145. The Bertz CT molecular complexity index is 466. The zero-order valence-electron chi connectivity index (χ0n) is 10.6. The van der Waals surface area contributed by atoms with Gasteiger partial charge in [0, 0.05) is 11.1 Å². The maximum atomic E-state index is 13.1. The first-order valence-corrected chi connectivity index (χ1v) is 5.51. The van der Waals surface area contributed by atoms with E-state index in [0.29, 0.717) is 0 Å². The van der Waals surface area contributed by atoms with Gasteiger partial charge < -0.3 is 10.0 Å². The predicted molar refractivity (Wildman–Crippen MR) is 64.8 cm³/mol. The van der Waals surface area contributed by atoms with Crippen LogP contribution in [0.4, 0.5) is 4.39 Å². The molecule has 1 N–H and O–H groups in total. The number of rotatable bonds is 3. The molecule has 0 heterocycles. The summed E-state index contributed by atoms with van der Waals surface area (Å²) in [5.41, 5.74) is -0.506. The number of aliphatic carboxylic acids is 1. The summed E-state index contributed by atoms with van der Waals surface area (Å²) in [6.07, 6.45) is 0. The summed E-state index contributed by atoms with van der Waals surface area (Å²) in [7, 11) is 0. The summed E-state index contributed by atoms with van der Waals surface area (Å²) in [6, 6.07) is 5.22. The van der Waals surface area contributed by atoms with E-state index in [4.69, 9.17) is 5.11 Å². The fourth-order valence-corrected chi connectivity index (χ4v) is 1.53. The van der Waals surface area contributed by atoms with Gasteiger partial charge in [-0.3, -0.25) is 9.59 Å². The minimum Gasteiger partial charge on any atom is -0.480 e. The van der Waals surface area contributed by atoms with Gasteiger partial charge in [0.05, 0.1) is 0 Å². The first-order chi connectivity index (χ1) is 8.21. The largest absolute Gasteiger partial charge is 0.480 e. The van der Waals surface area contributed by atoms with Crippen molar-refractivity contribution < 1.29 is 19.1 Å². The Morgan fingerprint density at radius 3 is 2.39 bits per heavy atom. The first kappa shape index (κ1) is 14.2. The molecule has 0 aliphatic carbocycles. The van der Waals surface area contributed by atoms with E-state index in [9.17, 15) is 14.0 Å². The van der Waals surface area contributed by atoms with E-state index in [2.05, 4.69) is 0 Å². The van der Waals surface area contributed by atoms with Crippen LogP contribution in [0.15, 0.2) is 24.3 Å². The molecule has 98 valence electrons. The predicted octanol–water partition coefficient (Wildman–Crippen LogP) is 2.15. The molecule has 1 amide bonds. The van der Waals surface area contributed by atoms with Crippen molar-refractivity contribution in [3.8, 4) is 0 Å². The Morgan fingerprint density at radius 1 is 1.33 bits per heavy atom. The first-order valence-electron chi connectivity index (χ1n) is 5.51. The van der Waals surface area contributed by atoms with Gasteiger partial charge in [-0.15, -0.1) is 0 Å². The normalized spacial score (nSPS) is 11.1. The van der Waals surface area contributed by atoms with Crippen LogP contribution in [-0.4, -0.2) is 34.0 Å². The Hall–Kier alpha value is -1.91. The Balaban J connectivity index is 3.06. The summed E-state index contributed by atoms with van der Waals surface area (Å²) in [5, 5.41) is 8.83. The van der Waals surface area contributed by atoms with Crippen LogP contribution >= 0.6 is 0 Å². The smallest absolute Gasteiger partial charge is 0.323 e. The number of benzene rings is 1. The van der Waals surface area contributed by atoms with Crippen LogP contribution in [0.25, 0.3) is 0 Å². The molecule has 18 heavy (non-hydrogen) atoms. The van der Waals surface area contributed by atoms with Crippen LogP contribution in [0.5, 0.6) is 0 Å². The highest BCUT2D eigenvalue weighted by atomic mass is 19.1. The third-order valence-corrected chi connectivity index (χ3v) is 2.42. The second-order valence-corrected chi connectivity index (χ2v) is 4.97. The highest BCUT2D eigenvalue weighted by Gasteiger charge is 2.29. The van der Waals surface area contributed by atoms with Crippen molar-refractivity contribution in [1.82, 2.24) is 4.90 Å². The third-order valence-electron chi connectivity index (χ3n) is 2.42. The molecule has 0 radical (unpaired) electrons. The number of hydrogen-bond donors (Lipinski definition) is 1. The van der Waals surface area contributed by atoms with Crippen molar-refractivity contribution in [3.05, 3.63) is 35.6 Å². The second-order valence-electron chi connectivity index (χ2n) is 4.97. The van der Waals surface area contributed by atoms with Crippen molar-refractivity contribution in [2.75, 3.05) is 6.54 Å². The summed E-state index contributed by atoms with van der Waals surface area (Å²) in [5.74, 6) is -2.12. The van der Waals surface area contributed by atoms with Crippen molar-refractivity contribution in [2.45, 2.75) is 26.3 Å². The number of carboxylic acid groups (broad SMARTS) is 1. The maximum Gasteiger partial charge on any atom is 0.323 e. The van der Waals surface area contributed by atoms with Gasteiger partial charge in [-0.2, -0.15) is 0 Å². The topological polar surface area (TPSA) is 57.6 Å². The van der Waals surface area contributed by atoms with Crippen LogP contribution < -0.4 is 0 Å².